The third kappa shape index (κ3) is 3.28. The van der Waals surface area contributed by atoms with Gasteiger partial charge in [0.15, 0.2) is 0 Å². The van der Waals surface area contributed by atoms with Gasteiger partial charge in [-0.3, -0.25) is 0 Å². The number of rotatable bonds is 4. The zero-order valence-corrected chi connectivity index (χ0v) is 10.5. The molecule has 0 aliphatic carbocycles. The molecule has 1 aromatic carbocycles. The Bertz CT molecular complexity index is 370. The minimum absolute atomic E-state index is 0.149. The molecular weight excluding hydrogens is 216 g/mol. The summed E-state index contributed by atoms with van der Waals surface area (Å²) >= 11 is 0. The van der Waals surface area contributed by atoms with Gasteiger partial charge in [0.2, 0.25) is 0 Å². The molecule has 3 heteroatoms. The fourth-order valence-corrected chi connectivity index (χ4v) is 1.94. The van der Waals surface area contributed by atoms with E-state index in [1.807, 2.05) is 18.2 Å². The second-order valence-corrected chi connectivity index (χ2v) is 4.68. The number of benzene rings is 1. The normalized spacial score (nSPS) is 21.7. The van der Waals surface area contributed by atoms with Crippen molar-refractivity contribution in [3.63, 3.8) is 0 Å². The average molecular weight is 236 g/mol. The van der Waals surface area contributed by atoms with E-state index in [9.17, 15) is 5.11 Å². The summed E-state index contributed by atoms with van der Waals surface area (Å²) in [6, 6.07) is 6.02. The first-order valence-corrected chi connectivity index (χ1v) is 6.11. The minimum atomic E-state index is -0.546. The zero-order chi connectivity index (χ0) is 12.3. The molecule has 17 heavy (non-hydrogen) atoms. The van der Waals surface area contributed by atoms with Crippen LogP contribution in [-0.4, -0.2) is 31.0 Å². The van der Waals surface area contributed by atoms with E-state index in [0.717, 1.165) is 18.6 Å². The molecule has 1 saturated heterocycles. The van der Waals surface area contributed by atoms with Crippen LogP contribution in [0.4, 0.5) is 0 Å². The number of hydrogen-bond donors (Lipinski definition) is 1. The standard InChI is InChI=1S/C14H20O3/c1-10-3-4-12(7-11(10)2)14(15)9-17-13-5-6-16-8-13/h3-4,7,13-15H,5-6,8-9H2,1-2H3. The van der Waals surface area contributed by atoms with E-state index >= 15 is 0 Å². The Morgan fingerprint density at radius 2 is 2.24 bits per heavy atom. The fraction of sp³-hybridized carbons (Fsp3) is 0.571. The van der Waals surface area contributed by atoms with Crippen molar-refractivity contribution in [2.45, 2.75) is 32.5 Å². The van der Waals surface area contributed by atoms with Crippen LogP contribution in [0.25, 0.3) is 0 Å². The van der Waals surface area contributed by atoms with Crippen molar-refractivity contribution in [3.8, 4) is 0 Å². The van der Waals surface area contributed by atoms with Crippen LogP contribution in [0.15, 0.2) is 18.2 Å². The van der Waals surface area contributed by atoms with Gasteiger partial charge in [0.1, 0.15) is 6.10 Å². The predicted molar refractivity (Wildman–Crippen MR) is 66.1 cm³/mol. The van der Waals surface area contributed by atoms with E-state index in [2.05, 4.69) is 13.8 Å². The number of ether oxygens (including phenoxy) is 2. The van der Waals surface area contributed by atoms with Gasteiger partial charge >= 0.3 is 0 Å². The molecule has 94 valence electrons. The van der Waals surface area contributed by atoms with E-state index in [1.165, 1.54) is 11.1 Å². The van der Waals surface area contributed by atoms with Gasteiger partial charge in [-0.05, 0) is 37.0 Å². The molecule has 2 unspecified atom stereocenters. The molecule has 1 aliphatic rings. The molecule has 0 aromatic heterocycles. The fourth-order valence-electron chi connectivity index (χ4n) is 1.94. The van der Waals surface area contributed by atoms with Crippen molar-refractivity contribution in [2.75, 3.05) is 19.8 Å². The van der Waals surface area contributed by atoms with Gasteiger partial charge in [0.05, 0.1) is 19.3 Å². The monoisotopic (exact) mass is 236 g/mol. The molecule has 1 N–H and O–H groups in total. The molecule has 1 fully saturated rings. The molecule has 1 heterocycles. The van der Waals surface area contributed by atoms with Crippen molar-refractivity contribution in [3.05, 3.63) is 34.9 Å². The van der Waals surface area contributed by atoms with Gasteiger partial charge in [-0.2, -0.15) is 0 Å². The lowest BCUT2D eigenvalue weighted by atomic mass is 10.0. The molecule has 1 aromatic rings. The van der Waals surface area contributed by atoms with Crippen LogP contribution in [-0.2, 0) is 9.47 Å². The lowest BCUT2D eigenvalue weighted by Crippen LogP contribution is -2.17. The maximum absolute atomic E-state index is 10.0. The molecule has 2 atom stereocenters. The van der Waals surface area contributed by atoms with Crippen LogP contribution in [0.3, 0.4) is 0 Å². The largest absolute Gasteiger partial charge is 0.386 e. The van der Waals surface area contributed by atoms with Gasteiger partial charge < -0.3 is 14.6 Å². The van der Waals surface area contributed by atoms with Crippen molar-refractivity contribution in [1.82, 2.24) is 0 Å². The summed E-state index contributed by atoms with van der Waals surface area (Å²) in [6.45, 7) is 5.88. The molecule has 0 bridgehead atoms. The highest BCUT2D eigenvalue weighted by atomic mass is 16.5. The Kier molecular flexibility index (Phi) is 4.15. The first-order chi connectivity index (χ1) is 8.16. The second kappa shape index (κ2) is 5.63. The highest BCUT2D eigenvalue weighted by Crippen LogP contribution is 2.19. The molecule has 2 rings (SSSR count). The average Bonchev–Trinajstić information content (AvgIpc) is 2.82. The lowest BCUT2D eigenvalue weighted by molar-refractivity contribution is -0.0131. The van der Waals surface area contributed by atoms with Crippen LogP contribution in [0.1, 0.15) is 29.2 Å². The Morgan fingerprint density at radius 1 is 1.41 bits per heavy atom. The van der Waals surface area contributed by atoms with Crippen molar-refractivity contribution in [2.24, 2.45) is 0 Å². The summed E-state index contributed by atoms with van der Waals surface area (Å²) in [5.74, 6) is 0. The number of aryl methyl sites for hydroxylation is 2. The summed E-state index contributed by atoms with van der Waals surface area (Å²) in [4.78, 5) is 0. The topological polar surface area (TPSA) is 38.7 Å². The van der Waals surface area contributed by atoms with Crippen LogP contribution in [0, 0.1) is 13.8 Å². The summed E-state index contributed by atoms with van der Waals surface area (Å²) in [5.41, 5.74) is 3.36. The smallest absolute Gasteiger partial charge is 0.102 e. The maximum atomic E-state index is 10.0. The third-order valence-electron chi connectivity index (χ3n) is 3.29. The van der Waals surface area contributed by atoms with Gasteiger partial charge in [-0.25, -0.2) is 0 Å². The number of hydrogen-bond acceptors (Lipinski definition) is 3. The molecule has 0 spiro atoms. The van der Waals surface area contributed by atoms with E-state index in [1.54, 1.807) is 0 Å². The van der Waals surface area contributed by atoms with Crippen molar-refractivity contribution < 1.29 is 14.6 Å². The van der Waals surface area contributed by atoms with E-state index in [4.69, 9.17) is 9.47 Å². The van der Waals surface area contributed by atoms with E-state index in [-0.39, 0.29) is 6.10 Å². The van der Waals surface area contributed by atoms with E-state index < -0.39 is 6.10 Å². The summed E-state index contributed by atoms with van der Waals surface area (Å²) in [6.07, 6.45) is 0.533. The van der Waals surface area contributed by atoms with Crippen LogP contribution in [0.5, 0.6) is 0 Å². The van der Waals surface area contributed by atoms with Gasteiger partial charge in [0.25, 0.3) is 0 Å². The van der Waals surface area contributed by atoms with Crippen LogP contribution >= 0.6 is 0 Å². The van der Waals surface area contributed by atoms with E-state index in [0.29, 0.717) is 13.2 Å². The molecule has 0 saturated carbocycles. The number of aliphatic hydroxyl groups excluding tert-OH is 1. The van der Waals surface area contributed by atoms with Crippen molar-refractivity contribution in [1.29, 1.82) is 0 Å². The van der Waals surface area contributed by atoms with Gasteiger partial charge in [-0.1, -0.05) is 18.2 Å². The summed E-state index contributed by atoms with van der Waals surface area (Å²) in [7, 11) is 0. The highest BCUT2D eigenvalue weighted by Gasteiger charge is 2.18. The van der Waals surface area contributed by atoms with Gasteiger partial charge in [0, 0.05) is 6.61 Å². The first-order valence-electron chi connectivity index (χ1n) is 6.11. The molecule has 3 nitrogen and oxygen atoms in total. The molecule has 0 radical (unpaired) electrons. The van der Waals surface area contributed by atoms with Crippen LogP contribution in [0.2, 0.25) is 0 Å². The quantitative estimate of drug-likeness (QED) is 0.870. The van der Waals surface area contributed by atoms with Crippen LogP contribution < -0.4 is 0 Å². The number of aliphatic hydroxyl groups is 1. The Hall–Kier alpha value is -0.900. The third-order valence-corrected chi connectivity index (χ3v) is 3.29. The predicted octanol–water partition coefficient (Wildman–Crippen LogP) is 2.14. The molecular formula is C14H20O3. The zero-order valence-electron chi connectivity index (χ0n) is 10.5. The maximum Gasteiger partial charge on any atom is 0.102 e. The minimum Gasteiger partial charge on any atom is -0.386 e. The van der Waals surface area contributed by atoms with Crippen molar-refractivity contribution >= 4 is 0 Å². The second-order valence-electron chi connectivity index (χ2n) is 4.68. The summed E-state index contributed by atoms with van der Waals surface area (Å²) in [5, 5.41) is 10.0. The molecule has 1 aliphatic heterocycles. The van der Waals surface area contributed by atoms with Gasteiger partial charge in [-0.15, -0.1) is 0 Å². The summed E-state index contributed by atoms with van der Waals surface area (Å²) < 4.78 is 10.8. The Labute approximate surface area is 102 Å². The lowest BCUT2D eigenvalue weighted by Gasteiger charge is -2.15. The first kappa shape index (κ1) is 12.6. The molecule has 0 amide bonds. The SMILES string of the molecule is Cc1ccc(C(O)COC2CCOC2)cc1C. The Balaban J connectivity index is 1.89. The highest BCUT2D eigenvalue weighted by molar-refractivity contribution is 5.31. The Morgan fingerprint density at radius 3 is 2.88 bits per heavy atom.